The van der Waals surface area contributed by atoms with Gasteiger partial charge in [-0.05, 0) is 36.6 Å². The van der Waals surface area contributed by atoms with Crippen molar-refractivity contribution in [2.75, 3.05) is 38.0 Å². The molecule has 6 heteroatoms. The molecule has 1 saturated carbocycles. The highest BCUT2D eigenvalue weighted by atomic mass is 19.1. The van der Waals surface area contributed by atoms with E-state index in [4.69, 9.17) is 0 Å². The largest absolute Gasteiger partial charge is 0.340 e. The van der Waals surface area contributed by atoms with Crippen molar-refractivity contribution in [2.24, 2.45) is 11.8 Å². The van der Waals surface area contributed by atoms with Crippen LogP contribution in [0.3, 0.4) is 0 Å². The van der Waals surface area contributed by atoms with Crippen LogP contribution in [0, 0.1) is 17.7 Å². The molecule has 3 rings (SSSR count). The summed E-state index contributed by atoms with van der Waals surface area (Å²) < 4.78 is 12.8. The van der Waals surface area contributed by atoms with Gasteiger partial charge in [-0.3, -0.25) is 14.5 Å². The first kappa shape index (κ1) is 15.9. The summed E-state index contributed by atoms with van der Waals surface area (Å²) in [6.07, 6.45) is 1.01. The molecule has 1 aromatic rings. The van der Waals surface area contributed by atoms with Crippen molar-refractivity contribution in [2.45, 2.75) is 13.3 Å². The summed E-state index contributed by atoms with van der Waals surface area (Å²) in [5.74, 6) is 0.583. The van der Waals surface area contributed by atoms with Gasteiger partial charge < -0.3 is 10.2 Å². The van der Waals surface area contributed by atoms with Crippen molar-refractivity contribution >= 4 is 17.5 Å². The van der Waals surface area contributed by atoms with Crippen LogP contribution < -0.4 is 5.32 Å². The number of rotatable bonds is 4. The van der Waals surface area contributed by atoms with Crippen LogP contribution in [-0.4, -0.2) is 54.3 Å². The molecule has 1 aromatic carbocycles. The van der Waals surface area contributed by atoms with E-state index in [1.165, 1.54) is 12.1 Å². The topological polar surface area (TPSA) is 52.7 Å². The molecule has 2 aliphatic rings. The van der Waals surface area contributed by atoms with Crippen LogP contribution in [0.15, 0.2) is 24.3 Å². The Morgan fingerprint density at radius 2 is 1.78 bits per heavy atom. The summed E-state index contributed by atoms with van der Waals surface area (Å²) in [7, 11) is 0. The molecule has 0 bridgehead atoms. The van der Waals surface area contributed by atoms with Gasteiger partial charge in [0.2, 0.25) is 11.8 Å². The fourth-order valence-corrected chi connectivity index (χ4v) is 2.96. The Balaban J connectivity index is 1.42. The average molecular weight is 319 g/mol. The second kappa shape index (κ2) is 6.66. The van der Waals surface area contributed by atoms with Crippen molar-refractivity contribution in [3.63, 3.8) is 0 Å². The number of nitrogens with one attached hydrogen (secondary N) is 1. The molecule has 2 amide bonds. The van der Waals surface area contributed by atoms with E-state index < -0.39 is 0 Å². The first-order valence-electron chi connectivity index (χ1n) is 8.09. The van der Waals surface area contributed by atoms with Crippen molar-refractivity contribution in [3.8, 4) is 0 Å². The number of anilines is 1. The summed E-state index contributed by atoms with van der Waals surface area (Å²) in [6, 6.07) is 5.72. The van der Waals surface area contributed by atoms with Gasteiger partial charge in [0.05, 0.1) is 6.54 Å². The first-order valence-corrected chi connectivity index (χ1v) is 8.09. The molecule has 0 unspecified atom stereocenters. The van der Waals surface area contributed by atoms with Gasteiger partial charge in [0.25, 0.3) is 0 Å². The fraction of sp³-hybridized carbons (Fsp3) is 0.529. The molecule has 2 atom stereocenters. The molecule has 0 spiro atoms. The quantitative estimate of drug-likeness (QED) is 0.916. The molecular weight excluding hydrogens is 297 g/mol. The molecule has 1 aliphatic carbocycles. The Morgan fingerprint density at radius 1 is 1.17 bits per heavy atom. The van der Waals surface area contributed by atoms with Gasteiger partial charge in [0.1, 0.15) is 5.82 Å². The highest BCUT2D eigenvalue weighted by Gasteiger charge is 2.41. The van der Waals surface area contributed by atoms with Crippen LogP contribution in [-0.2, 0) is 9.59 Å². The molecule has 23 heavy (non-hydrogen) atoms. The van der Waals surface area contributed by atoms with Crippen molar-refractivity contribution in [3.05, 3.63) is 30.1 Å². The predicted octanol–water partition coefficient (Wildman–Crippen LogP) is 1.56. The Bertz CT molecular complexity index is 582. The maximum atomic E-state index is 12.8. The van der Waals surface area contributed by atoms with Crippen molar-refractivity contribution in [1.29, 1.82) is 0 Å². The Morgan fingerprint density at radius 3 is 2.35 bits per heavy atom. The lowest BCUT2D eigenvalue weighted by Gasteiger charge is -2.34. The number of hydrogen-bond donors (Lipinski definition) is 1. The third-order valence-electron chi connectivity index (χ3n) is 4.61. The predicted molar refractivity (Wildman–Crippen MR) is 85.3 cm³/mol. The van der Waals surface area contributed by atoms with Crippen LogP contribution in [0.1, 0.15) is 13.3 Å². The second-order valence-electron chi connectivity index (χ2n) is 6.48. The Kier molecular flexibility index (Phi) is 4.61. The molecule has 0 radical (unpaired) electrons. The van der Waals surface area contributed by atoms with Crippen LogP contribution in [0.4, 0.5) is 10.1 Å². The molecule has 2 fully saturated rings. The number of carbonyl (C=O) groups is 2. The maximum absolute atomic E-state index is 12.8. The third kappa shape index (κ3) is 4.07. The number of piperazine rings is 1. The van der Waals surface area contributed by atoms with E-state index in [0.717, 1.165) is 6.42 Å². The fourth-order valence-electron chi connectivity index (χ4n) is 2.96. The Labute approximate surface area is 135 Å². The van der Waals surface area contributed by atoms with E-state index in [-0.39, 0.29) is 23.5 Å². The lowest BCUT2D eigenvalue weighted by Crippen LogP contribution is -2.51. The molecular formula is C17H22FN3O2. The van der Waals surface area contributed by atoms with Crippen LogP contribution in [0.5, 0.6) is 0 Å². The number of halogens is 1. The SMILES string of the molecule is C[C@@H]1C[C@H]1C(=O)N1CCN(CC(=O)Nc2ccc(F)cc2)CC1. The first-order chi connectivity index (χ1) is 11.0. The standard InChI is InChI=1S/C17H22FN3O2/c1-12-10-15(12)17(23)21-8-6-20(7-9-21)11-16(22)19-14-4-2-13(18)3-5-14/h2-5,12,15H,6-11H2,1H3,(H,19,22)/t12-,15-/m1/s1. The average Bonchev–Trinajstić information content (AvgIpc) is 3.26. The Hall–Kier alpha value is -1.95. The molecule has 1 heterocycles. The van der Waals surface area contributed by atoms with Gasteiger partial charge in [-0.15, -0.1) is 0 Å². The van der Waals surface area contributed by atoms with E-state index in [1.54, 1.807) is 12.1 Å². The summed E-state index contributed by atoms with van der Waals surface area (Å²) in [4.78, 5) is 28.1. The number of hydrogen-bond acceptors (Lipinski definition) is 3. The monoisotopic (exact) mass is 319 g/mol. The van der Waals surface area contributed by atoms with Gasteiger partial charge in [-0.25, -0.2) is 4.39 Å². The lowest BCUT2D eigenvalue weighted by atomic mass is 10.2. The molecule has 1 saturated heterocycles. The zero-order chi connectivity index (χ0) is 16.4. The van der Waals surface area contributed by atoms with E-state index in [9.17, 15) is 14.0 Å². The molecule has 1 N–H and O–H groups in total. The molecule has 5 nitrogen and oxygen atoms in total. The minimum atomic E-state index is -0.325. The summed E-state index contributed by atoms with van der Waals surface area (Å²) in [6.45, 7) is 5.20. The third-order valence-corrected chi connectivity index (χ3v) is 4.61. The number of nitrogens with zero attached hydrogens (tertiary/aromatic N) is 2. The van der Waals surface area contributed by atoms with Crippen molar-refractivity contribution in [1.82, 2.24) is 9.80 Å². The highest BCUT2D eigenvalue weighted by Crippen LogP contribution is 2.39. The van der Waals surface area contributed by atoms with Gasteiger partial charge >= 0.3 is 0 Å². The minimum Gasteiger partial charge on any atom is -0.340 e. The van der Waals surface area contributed by atoms with E-state index >= 15 is 0 Å². The smallest absolute Gasteiger partial charge is 0.238 e. The van der Waals surface area contributed by atoms with Crippen LogP contribution in [0.25, 0.3) is 0 Å². The van der Waals surface area contributed by atoms with Crippen LogP contribution in [0.2, 0.25) is 0 Å². The van der Waals surface area contributed by atoms with Crippen LogP contribution >= 0.6 is 0 Å². The second-order valence-corrected chi connectivity index (χ2v) is 6.48. The normalized spacial score (nSPS) is 24.3. The van der Waals surface area contributed by atoms with Gasteiger partial charge in [0.15, 0.2) is 0 Å². The summed E-state index contributed by atoms with van der Waals surface area (Å²) >= 11 is 0. The number of benzene rings is 1. The summed E-state index contributed by atoms with van der Waals surface area (Å²) in [5.41, 5.74) is 0.591. The van der Waals surface area contributed by atoms with Gasteiger partial charge in [0, 0.05) is 37.8 Å². The van der Waals surface area contributed by atoms with E-state index in [1.807, 2.05) is 9.80 Å². The van der Waals surface area contributed by atoms with Gasteiger partial charge in [-0.1, -0.05) is 6.92 Å². The highest BCUT2D eigenvalue weighted by molar-refractivity contribution is 5.92. The molecule has 124 valence electrons. The maximum Gasteiger partial charge on any atom is 0.238 e. The minimum absolute atomic E-state index is 0.118. The molecule has 0 aromatic heterocycles. The van der Waals surface area contributed by atoms with Crippen molar-refractivity contribution < 1.29 is 14.0 Å². The van der Waals surface area contributed by atoms with E-state index in [0.29, 0.717) is 44.3 Å². The zero-order valence-corrected chi connectivity index (χ0v) is 13.3. The molecule has 1 aliphatic heterocycles. The van der Waals surface area contributed by atoms with Gasteiger partial charge in [-0.2, -0.15) is 0 Å². The lowest BCUT2D eigenvalue weighted by molar-refractivity contribution is -0.134. The zero-order valence-electron chi connectivity index (χ0n) is 13.3. The summed E-state index contributed by atoms with van der Waals surface area (Å²) in [5, 5.41) is 2.76. The number of carbonyl (C=O) groups excluding carboxylic acids is 2. The number of amides is 2. The van der Waals surface area contributed by atoms with E-state index in [2.05, 4.69) is 12.2 Å².